The van der Waals surface area contributed by atoms with Crippen LogP contribution in [0.25, 0.3) is 0 Å². The first-order valence-electron chi connectivity index (χ1n) is 18.0. The molecule has 0 aromatic carbocycles. The van der Waals surface area contributed by atoms with Gasteiger partial charge in [-0.1, -0.05) is 51.2 Å². The number of fused-ring (bicyclic) bond motifs is 5. The van der Waals surface area contributed by atoms with Crippen LogP contribution >= 0.6 is 0 Å². The number of nitrogens with one attached hydrogen (secondary N) is 2. The summed E-state index contributed by atoms with van der Waals surface area (Å²) in [6.45, 7) is 4.64. The van der Waals surface area contributed by atoms with E-state index in [9.17, 15) is 29.4 Å². The second-order valence-corrected chi connectivity index (χ2v) is 16.1. The third-order valence-corrected chi connectivity index (χ3v) is 13.6. The van der Waals surface area contributed by atoms with Crippen molar-refractivity contribution in [2.45, 2.75) is 140 Å². The fraction of sp³-hybridized carbons (Fsp3) is 0.784. The van der Waals surface area contributed by atoms with Crippen LogP contribution in [0, 0.1) is 34.5 Å². The monoisotopic (exact) mass is 656 g/mol. The van der Waals surface area contributed by atoms with Crippen molar-refractivity contribution in [2.75, 3.05) is 6.61 Å². The normalized spacial score (nSPS) is 43.4. The fourth-order valence-electron chi connectivity index (χ4n) is 10.8. The molecule has 0 heterocycles. The van der Waals surface area contributed by atoms with E-state index >= 15 is 4.39 Å². The molecule has 9 nitrogen and oxygen atoms in total. The van der Waals surface area contributed by atoms with Crippen LogP contribution in [-0.4, -0.2) is 69.8 Å². The minimum atomic E-state index is -2.06. The van der Waals surface area contributed by atoms with Crippen LogP contribution in [0.2, 0.25) is 0 Å². The van der Waals surface area contributed by atoms with Crippen molar-refractivity contribution in [3.05, 3.63) is 23.8 Å². The molecule has 0 aromatic rings. The highest BCUT2D eigenvalue weighted by Gasteiger charge is 2.75. The molecule has 0 spiro atoms. The van der Waals surface area contributed by atoms with Crippen LogP contribution < -0.4 is 10.6 Å². The number of allylic oxidation sites excluding steroid dienone is 4. The van der Waals surface area contributed by atoms with Gasteiger partial charge in [-0.05, 0) is 95.1 Å². The molecule has 5 saturated carbocycles. The predicted octanol–water partition coefficient (Wildman–Crippen LogP) is 5.03. The van der Waals surface area contributed by atoms with Gasteiger partial charge in [-0.3, -0.25) is 14.4 Å². The van der Waals surface area contributed by atoms with Crippen LogP contribution in [0.3, 0.4) is 0 Å². The van der Waals surface area contributed by atoms with E-state index in [1.165, 1.54) is 25.0 Å². The Morgan fingerprint density at radius 3 is 2.30 bits per heavy atom. The molecular formula is C37H53FN2O7. The van der Waals surface area contributed by atoms with E-state index in [1.54, 1.807) is 26.8 Å². The minimum absolute atomic E-state index is 0.0689. The molecule has 6 aliphatic carbocycles. The van der Waals surface area contributed by atoms with Gasteiger partial charge < -0.3 is 25.6 Å². The number of aliphatic hydroxyl groups excluding tert-OH is 1. The van der Waals surface area contributed by atoms with E-state index in [-0.39, 0.29) is 36.1 Å². The van der Waals surface area contributed by atoms with Crippen LogP contribution in [-0.2, 0) is 19.1 Å². The highest BCUT2D eigenvalue weighted by atomic mass is 19.1. The Labute approximate surface area is 277 Å². The first kappa shape index (κ1) is 34.3. The number of ether oxygens (including phenoxy) is 1. The predicted molar refractivity (Wildman–Crippen MR) is 173 cm³/mol. The molecule has 6 aliphatic rings. The van der Waals surface area contributed by atoms with Crippen LogP contribution in [0.15, 0.2) is 23.8 Å². The molecule has 2 amide bonds. The molecule has 47 heavy (non-hydrogen) atoms. The molecular weight excluding hydrogens is 603 g/mol. The number of rotatable bonds is 6. The number of carbonyl (C=O) groups excluding carboxylic acids is 4. The van der Waals surface area contributed by atoms with E-state index in [0.717, 1.165) is 25.7 Å². The Kier molecular flexibility index (Phi) is 9.26. The molecule has 0 aliphatic heterocycles. The summed E-state index contributed by atoms with van der Waals surface area (Å²) in [5, 5.41) is 29.8. The first-order valence-corrected chi connectivity index (χ1v) is 18.0. The highest BCUT2D eigenvalue weighted by molar-refractivity contribution is 6.01. The number of halogens is 1. The zero-order chi connectivity index (χ0) is 33.8. The summed E-state index contributed by atoms with van der Waals surface area (Å²) in [5.74, 6) is -2.36. The van der Waals surface area contributed by atoms with Gasteiger partial charge in [0.05, 0.1) is 6.10 Å². The Bertz CT molecular complexity index is 1330. The van der Waals surface area contributed by atoms with Gasteiger partial charge in [0.2, 0.25) is 11.7 Å². The number of amides is 2. The molecule has 6 rings (SSSR count). The smallest absolute Gasteiger partial charge is 0.407 e. The van der Waals surface area contributed by atoms with Gasteiger partial charge >= 0.3 is 6.09 Å². The zero-order valence-electron chi connectivity index (χ0n) is 28.2. The van der Waals surface area contributed by atoms with E-state index < -0.39 is 64.4 Å². The molecule has 0 saturated heterocycles. The molecule has 10 heteroatoms. The van der Waals surface area contributed by atoms with E-state index in [0.29, 0.717) is 50.5 Å². The number of ketones is 2. The maximum atomic E-state index is 17.4. The summed E-state index contributed by atoms with van der Waals surface area (Å²) in [4.78, 5) is 51.5. The third-order valence-electron chi connectivity index (χ3n) is 13.6. The van der Waals surface area contributed by atoms with Gasteiger partial charge in [0.1, 0.15) is 5.60 Å². The molecule has 0 radical (unpaired) electrons. The molecule has 5 fully saturated rings. The van der Waals surface area contributed by atoms with Crippen molar-refractivity contribution in [2.24, 2.45) is 34.5 Å². The van der Waals surface area contributed by atoms with Gasteiger partial charge in [0, 0.05) is 34.7 Å². The number of alkyl carbamates (subject to hydrolysis) is 1. The molecule has 260 valence electrons. The van der Waals surface area contributed by atoms with Crippen LogP contribution in [0.4, 0.5) is 9.18 Å². The lowest BCUT2D eigenvalue weighted by molar-refractivity contribution is -0.219. The largest absolute Gasteiger partial charge is 0.441 e. The summed E-state index contributed by atoms with van der Waals surface area (Å²) in [5.41, 5.74) is -5.59. The van der Waals surface area contributed by atoms with Gasteiger partial charge in [-0.25, -0.2) is 9.18 Å². The first-order chi connectivity index (χ1) is 22.2. The summed E-state index contributed by atoms with van der Waals surface area (Å²) in [6, 6.07) is 0.0912. The third kappa shape index (κ3) is 5.59. The van der Waals surface area contributed by atoms with E-state index in [2.05, 4.69) is 10.6 Å². The Morgan fingerprint density at radius 2 is 1.62 bits per heavy atom. The lowest BCUT2D eigenvalue weighted by Gasteiger charge is -2.62. The summed E-state index contributed by atoms with van der Waals surface area (Å²) in [6.07, 6.45) is 12.8. The van der Waals surface area contributed by atoms with Crippen molar-refractivity contribution in [3.63, 3.8) is 0 Å². The van der Waals surface area contributed by atoms with Gasteiger partial charge in [-0.15, -0.1) is 0 Å². The lowest BCUT2D eigenvalue weighted by atomic mass is 9.44. The summed E-state index contributed by atoms with van der Waals surface area (Å²) >= 11 is 0. The van der Waals surface area contributed by atoms with Crippen molar-refractivity contribution in [1.82, 2.24) is 10.6 Å². The molecule has 8 atom stereocenters. The van der Waals surface area contributed by atoms with Crippen molar-refractivity contribution >= 4 is 23.6 Å². The minimum Gasteiger partial charge on any atom is -0.441 e. The molecule has 4 N–H and O–H groups in total. The van der Waals surface area contributed by atoms with Crippen molar-refractivity contribution in [3.8, 4) is 0 Å². The van der Waals surface area contributed by atoms with Crippen molar-refractivity contribution in [1.29, 1.82) is 0 Å². The summed E-state index contributed by atoms with van der Waals surface area (Å²) in [7, 11) is 0. The number of carbonyl (C=O) groups is 4. The number of Topliss-reactive ketones (excluding diaryl/α,β-unsaturated/α-hetero) is 1. The fourth-order valence-corrected chi connectivity index (χ4v) is 10.8. The van der Waals surface area contributed by atoms with Gasteiger partial charge in [0.15, 0.2) is 18.1 Å². The quantitative estimate of drug-likeness (QED) is 0.294. The second-order valence-electron chi connectivity index (χ2n) is 16.1. The topological polar surface area (TPSA) is 142 Å². The standard InChI is InChI=1S/C37H53FN2O7/c1-22-18-29-28-15-12-24-19-27(41)16-17-34(24,2)36(28,38)30(42)20-35(29,3)37(22,46)31(43)21-47-33(45)40-26-13-10-23(11-14-26)32(44)39-25-8-6-4-5-7-9-25/h16-17,19,22-23,25-26,28-30,42,46H,4-15,18,20-21H2,1-3H3,(H,39,44)(H,40,45)/t22-,23-,26-,28+,29+,30+,34+,35+,36+,37+/m1/s1. The van der Waals surface area contributed by atoms with Gasteiger partial charge in [0.25, 0.3) is 0 Å². The zero-order valence-corrected chi connectivity index (χ0v) is 28.2. The SMILES string of the molecule is C[C@@H]1C[C@H]2[C@@H]3CCC4=CC(=O)C=C[C@]4(C)[C@@]3(F)[C@@H](O)C[C@]2(C)[C@@]1(O)C(=O)COC(=O)N[C@H]1CC[C@H](C(=O)NC2CCCCCC2)CC1. The number of hydrogen-bond donors (Lipinski definition) is 4. The van der Waals surface area contributed by atoms with Crippen LogP contribution in [0.1, 0.15) is 111 Å². The Morgan fingerprint density at radius 1 is 0.957 bits per heavy atom. The van der Waals surface area contributed by atoms with E-state index in [1.807, 2.05) is 0 Å². The average molecular weight is 657 g/mol. The van der Waals surface area contributed by atoms with E-state index in [4.69, 9.17) is 4.74 Å². The maximum Gasteiger partial charge on any atom is 0.407 e. The average Bonchev–Trinajstić information content (AvgIpc) is 3.19. The van der Waals surface area contributed by atoms with Crippen LogP contribution in [0.5, 0.6) is 0 Å². The molecule has 0 bridgehead atoms. The maximum absolute atomic E-state index is 17.4. The Balaban J connectivity index is 1.05. The molecule has 0 unspecified atom stereocenters. The van der Waals surface area contributed by atoms with Crippen molar-refractivity contribution < 1.29 is 38.5 Å². The number of hydrogen-bond acceptors (Lipinski definition) is 7. The number of alkyl halides is 1. The summed E-state index contributed by atoms with van der Waals surface area (Å²) < 4.78 is 22.8. The molecule has 0 aromatic heterocycles. The highest BCUT2D eigenvalue weighted by Crippen LogP contribution is 2.70. The van der Waals surface area contributed by atoms with Gasteiger partial charge in [-0.2, -0.15) is 0 Å². The Hall–Kier alpha value is -2.59. The second kappa shape index (κ2) is 12.7. The lowest BCUT2D eigenvalue weighted by Crippen LogP contribution is -2.69. The number of aliphatic hydroxyl groups is 2.